The fourth-order valence-corrected chi connectivity index (χ4v) is 5.41. The molecule has 1 aromatic carbocycles. The van der Waals surface area contributed by atoms with E-state index in [9.17, 15) is 14.3 Å². The maximum absolute atomic E-state index is 14.8. The summed E-state index contributed by atoms with van der Waals surface area (Å²) in [5.41, 5.74) is 8.57. The first-order valence-electron chi connectivity index (χ1n) is 11.9. The summed E-state index contributed by atoms with van der Waals surface area (Å²) in [6.45, 7) is 11.0. The van der Waals surface area contributed by atoms with Gasteiger partial charge in [-0.25, -0.2) is 9.37 Å². The summed E-state index contributed by atoms with van der Waals surface area (Å²) in [5.74, 6) is -0.288. The highest BCUT2D eigenvalue weighted by Crippen LogP contribution is 2.47. The van der Waals surface area contributed by atoms with Crippen LogP contribution in [0.5, 0.6) is 0 Å². The van der Waals surface area contributed by atoms with Gasteiger partial charge < -0.3 is 20.1 Å². The van der Waals surface area contributed by atoms with Crippen LogP contribution in [0.3, 0.4) is 0 Å². The Morgan fingerprint density at radius 1 is 1.30 bits per heavy atom. The van der Waals surface area contributed by atoms with Crippen LogP contribution in [0.4, 0.5) is 10.1 Å². The lowest BCUT2D eigenvalue weighted by Crippen LogP contribution is -2.25. The Balaban J connectivity index is 0.00000126. The van der Waals surface area contributed by atoms with Crippen molar-refractivity contribution in [1.29, 1.82) is 0 Å². The quantitative estimate of drug-likeness (QED) is 0.609. The van der Waals surface area contributed by atoms with Gasteiger partial charge in [0.05, 0.1) is 29.1 Å². The number of rotatable bonds is 5. The third-order valence-corrected chi connectivity index (χ3v) is 6.76. The lowest BCUT2D eigenvalue weighted by Gasteiger charge is -2.31. The van der Waals surface area contributed by atoms with Gasteiger partial charge in [0, 0.05) is 29.8 Å². The average molecular weight is 450 g/mol. The van der Waals surface area contributed by atoms with E-state index in [1.54, 1.807) is 7.05 Å². The molecule has 0 saturated carbocycles. The van der Waals surface area contributed by atoms with Gasteiger partial charge in [0.1, 0.15) is 11.9 Å². The largest absolute Gasteiger partial charge is 0.386 e. The van der Waals surface area contributed by atoms with E-state index in [0.717, 1.165) is 71.3 Å². The van der Waals surface area contributed by atoms with Gasteiger partial charge in [0.2, 0.25) is 0 Å². The Morgan fingerprint density at radius 3 is 2.70 bits per heavy atom. The molecule has 5 rings (SSSR count). The molecule has 2 N–H and O–H groups in total. The van der Waals surface area contributed by atoms with Crippen LogP contribution in [0.2, 0.25) is 0 Å². The molecular weight excluding hydrogens is 417 g/mol. The smallest absolute Gasteiger partial charge is 0.153 e. The number of aliphatic hydroxyl groups is 1. The molecule has 3 heterocycles. The molecule has 0 amide bonds. The number of halogens is 1. The molecule has 3 aliphatic rings. The highest BCUT2D eigenvalue weighted by Gasteiger charge is 2.37. The summed E-state index contributed by atoms with van der Waals surface area (Å²) in [4.78, 5) is 18.4. The van der Waals surface area contributed by atoms with Crippen LogP contribution in [-0.2, 0) is 24.2 Å². The molecular formula is C27H32FN3O2. The molecule has 0 radical (unpaired) electrons. The summed E-state index contributed by atoms with van der Waals surface area (Å²) in [6.07, 6.45) is 5.57. The van der Waals surface area contributed by atoms with Gasteiger partial charge in [-0.1, -0.05) is 33.8 Å². The predicted molar refractivity (Wildman–Crippen MR) is 131 cm³/mol. The van der Waals surface area contributed by atoms with Crippen LogP contribution in [0.1, 0.15) is 62.4 Å². The number of aliphatic hydroxyl groups excluding tert-OH is 1. The van der Waals surface area contributed by atoms with E-state index in [2.05, 4.69) is 23.7 Å². The zero-order chi connectivity index (χ0) is 23.9. The summed E-state index contributed by atoms with van der Waals surface area (Å²) in [5, 5.41) is 14.5. The number of aromatic nitrogens is 1. The highest BCUT2D eigenvalue weighted by molar-refractivity contribution is 5.95. The number of allylic oxidation sites excluding steroid dienone is 1. The first-order valence-corrected chi connectivity index (χ1v) is 11.9. The van der Waals surface area contributed by atoms with E-state index in [-0.39, 0.29) is 5.82 Å². The molecule has 174 valence electrons. The lowest BCUT2D eigenvalue weighted by molar-refractivity contribution is -0.113. The van der Waals surface area contributed by atoms with Crippen molar-refractivity contribution in [2.24, 2.45) is 0 Å². The highest BCUT2D eigenvalue weighted by atomic mass is 19.1. The van der Waals surface area contributed by atoms with Crippen molar-refractivity contribution in [3.8, 4) is 0 Å². The fourth-order valence-electron chi connectivity index (χ4n) is 5.41. The number of aryl methyl sites for hydroxylation is 2. The second-order valence-electron chi connectivity index (χ2n) is 8.45. The van der Waals surface area contributed by atoms with Crippen LogP contribution in [0, 0.1) is 5.82 Å². The lowest BCUT2D eigenvalue weighted by atomic mass is 9.86. The Bertz CT molecular complexity index is 1210. The zero-order valence-electron chi connectivity index (χ0n) is 19.9. The van der Waals surface area contributed by atoms with E-state index < -0.39 is 6.10 Å². The topological polar surface area (TPSA) is 65.5 Å². The van der Waals surface area contributed by atoms with Crippen molar-refractivity contribution in [1.82, 2.24) is 9.88 Å². The normalized spacial score (nSPS) is 17.2. The molecule has 1 atom stereocenters. The molecule has 5 nitrogen and oxygen atoms in total. The molecule has 0 fully saturated rings. The van der Waals surface area contributed by atoms with E-state index in [1.807, 2.05) is 19.9 Å². The van der Waals surface area contributed by atoms with Crippen LogP contribution >= 0.6 is 0 Å². The second kappa shape index (κ2) is 9.10. The molecule has 0 bridgehead atoms. The minimum Gasteiger partial charge on any atom is -0.386 e. The third-order valence-electron chi connectivity index (χ3n) is 6.76. The number of fused-ring (bicyclic) bond motifs is 4. The molecule has 2 aliphatic heterocycles. The van der Waals surface area contributed by atoms with Crippen molar-refractivity contribution in [3.63, 3.8) is 0 Å². The van der Waals surface area contributed by atoms with Gasteiger partial charge in [0.25, 0.3) is 0 Å². The number of nitrogens with one attached hydrogen (secondary N) is 1. The first-order chi connectivity index (χ1) is 16.0. The molecule has 2 aromatic rings. The monoisotopic (exact) mass is 449 g/mol. The van der Waals surface area contributed by atoms with E-state index in [0.29, 0.717) is 29.6 Å². The van der Waals surface area contributed by atoms with Crippen molar-refractivity contribution in [2.45, 2.75) is 65.5 Å². The van der Waals surface area contributed by atoms with Crippen molar-refractivity contribution >= 4 is 28.6 Å². The number of hydrogen-bond acceptors (Lipinski definition) is 5. The molecule has 1 aromatic heterocycles. The standard InChI is InChI=1S/C25H26FN3O2.C2H6/c1-4-6-14-13(2)29-11-18-15-7-5-8-16-23(15)20(10-19(26)24(16)27-3)28-25(18)21(29)9-17(14)22(31)12-30;1-2/h9-10,12,22,27,31H,2,4-8,11H2,1,3H3;1-2H3. The maximum atomic E-state index is 14.8. The summed E-state index contributed by atoms with van der Waals surface area (Å²) in [7, 11) is 1.76. The second-order valence-corrected chi connectivity index (χ2v) is 8.45. The minimum atomic E-state index is -1.20. The fraction of sp³-hybridized carbons (Fsp3) is 0.407. The minimum absolute atomic E-state index is 0.288. The van der Waals surface area contributed by atoms with Gasteiger partial charge in [0.15, 0.2) is 6.29 Å². The first kappa shape index (κ1) is 23.2. The Kier molecular flexibility index (Phi) is 6.39. The van der Waals surface area contributed by atoms with Crippen LogP contribution in [-0.4, -0.2) is 34.4 Å². The number of carbonyl (C=O) groups excluding carboxylic acids is 1. The predicted octanol–water partition coefficient (Wildman–Crippen LogP) is 5.27. The molecule has 1 unspecified atom stereocenters. The van der Waals surface area contributed by atoms with E-state index in [1.165, 1.54) is 11.6 Å². The Morgan fingerprint density at radius 2 is 2.03 bits per heavy atom. The maximum Gasteiger partial charge on any atom is 0.153 e. The molecule has 6 heteroatoms. The number of pyridine rings is 1. The number of hydrogen-bond donors (Lipinski definition) is 2. The Labute approximate surface area is 194 Å². The number of anilines is 1. The molecule has 33 heavy (non-hydrogen) atoms. The average Bonchev–Trinajstić information content (AvgIpc) is 3.21. The summed E-state index contributed by atoms with van der Waals surface area (Å²) in [6, 6.07) is 1.51. The van der Waals surface area contributed by atoms with Crippen LogP contribution < -0.4 is 5.32 Å². The van der Waals surface area contributed by atoms with Gasteiger partial charge >= 0.3 is 0 Å². The zero-order valence-corrected chi connectivity index (χ0v) is 19.9. The van der Waals surface area contributed by atoms with Crippen molar-refractivity contribution in [3.05, 3.63) is 63.8 Å². The van der Waals surface area contributed by atoms with Crippen molar-refractivity contribution < 1.29 is 14.3 Å². The summed E-state index contributed by atoms with van der Waals surface area (Å²) >= 11 is 0. The van der Waals surface area contributed by atoms with Crippen LogP contribution in [0.15, 0.2) is 35.6 Å². The number of nitrogens with zero attached hydrogens (tertiary/aromatic N) is 2. The van der Waals surface area contributed by atoms with E-state index in [4.69, 9.17) is 4.98 Å². The third kappa shape index (κ3) is 3.48. The van der Waals surface area contributed by atoms with Gasteiger partial charge in [-0.15, -0.1) is 0 Å². The molecule has 0 saturated heterocycles. The van der Waals surface area contributed by atoms with Gasteiger partial charge in [-0.3, -0.25) is 0 Å². The van der Waals surface area contributed by atoms with Crippen LogP contribution in [0.25, 0.3) is 16.6 Å². The molecule has 0 spiro atoms. The van der Waals surface area contributed by atoms with Gasteiger partial charge in [-0.2, -0.15) is 0 Å². The SMILES string of the molecule is C=C1C(CCC)=C(C(O)C=O)C=C2c3nc4cc(F)c(NC)c5c4c(c3CN12)CCC5.CC. The van der Waals surface area contributed by atoms with Crippen molar-refractivity contribution in [2.75, 3.05) is 12.4 Å². The summed E-state index contributed by atoms with van der Waals surface area (Å²) < 4.78 is 14.8. The Hall–Kier alpha value is -2.99. The van der Waals surface area contributed by atoms with Gasteiger partial charge in [-0.05, 0) is 54.0 Å². The number of aldehydes is 1. The number of benzene rings is 1. The molecule has 1 aliphatic carbocycles. The number of carbonyl (C=O) groups is 1. The van der Waals surface area contributed by atoms with E-state index >= 15 is 0 Å².